The highest BCUT2D eigenvalue weighted by atomic mass is 16.6. The van der Waals surface area contributed by atoms with E-state index in [4.69, 9.17) is 13.6 Å². The van der Waals surface area contributed by atoms with Crippen LogP contribution in [-0.4, -0.2) is 5.97 Å². The zero-order valence-electron chi connectivity index (χ0n) is 7.30. The molecule has 0 aliphatic carbocycles. The van der Waals surface area contributed by atoms with Crippen molar-refractivity contribution in [2.24, 2.45) is 0 Å². The molecule has 2 aromatic heterocycles. The summed E-state index contributed by atoms with van der Waals surface area (Å²) in [4.78, 5) is 11.2. The summed E-state index contributed by atoms with van der Waals surface area (Å²) in [5, 5.41) is 0. The number of hydrogen-bond acceptors (Lipinski definition) is 4. The SMILES string of the molecule is O=C(OCc1ccco1)c1ccco1. The van der Waals surface area contributed by atoms with Crippen LogP contribution in [0.2, 0.25) is 0 Å². The minimum absolute atomic E-state index is 0.118. The second-order valence-corrected chi connectivity index (χ2v) is 2.63. The summed E-state index contributed by atoms with van der Waals surface area (Å²) >= 11 is 0. The largest absolute Gasteiger partial charge is 0.466 e. The van der Waals surface area contributed by atoms with Gasteiger partial charge in [-0.2, -0.15) is 0 Å². The highest BCUT2D eigenvalue weighted by molar-refractivity contribution is 5.86. The number of furan rings is 2. The number of rotatable bonds is 3. The van der Waals surface area contributed by atoms with Gasteiger partial charge in [-0.3, -0.25) is 0 Å². The Balaban J connectivity index is 1.90. The molecule has 72 valence electrons. The van der Waals surface area contributed by atoms with Crippen molar-refractivity contribution in [3.05, 3.63) is 48.3 Å². The average Bonchev–Trinajstić information content (AvgIpc) is 2.87. The van der Waals surface area contributed by atoms with Gasteiger partial charge in [-0.25, -0.2) is 4.79 Å². The summed E-state index contributed by atoms with van der Waals surface area (Å²) in [7, 11) is 0. The minimum Gasteiger partial charge on any atom is -0.466 e. The fraction of sp³-hybridized carbons (Fsp3) is 0.100. The second-order valence-electron chi connectivity index (χ2n) is 2.63. The molecule has 2 heterocycles. The van der Waals surface area contributed by atoms with Crippen molar-refractivity contribution < 1.29 is 18.4 Å². The van der Waals surface area contributed by atoms with Crippen molar-refractivity contribution >= 4 is 5.97 Å². The number of esters is 1. The van der Waals surface area contributed by atoms with Crippen molar-refractivity contribution in [2.45, 2.75) is 6.61 Å². The molecule has 14 heavy (non-hydrogen) atoms. The predicted octanol–water partition coefficient (Wildman–Crippen LogP) is 2.23. The molecule has 4 heteroatoms. The number of ether oxygens (including phenoxy) is 1. The molecule has 0 saturated carbocycles. The lowest BCUT2D eigenvalue weighted by Gasteiger charge is -1.98. The topological polar surface area (TPSA) is 52.6 Å². The van der Waals surface area contributed by atoms with Gasteiger partial charge in [0.2, 0.25) is 5.76 Å². The van der Waals surface area contributed by atoms with Gasteiger partial charge in [-0.1, -0.05) is 0 Å². The Hall–Kier alpha value is -1.97. The highest BCUT2D eigenvalue weighted by Crippen LogP contribution is 2.06. The fourth-order valence-electron chi connectivity index (χ4n) is 0.997. The first-order valence-corrected chi connectivity index (χ1v) is 4.09. The zero-order valence-corrected chi connectivity index (χ0v) is 7.30. The monoisotopic (exact) mass is 192 g/mol. The van der Waals surface area contributed by atoms with E-state index in [9.17, 15) is 4.79 Å². The van der Waals surface area contributed by atoms with Gasteiger partial charge in [0, 0.05) is 0 Å². The van der Waals surface area contributed by atoms with E-state index in [0.29, 0.717) is 5.76 Å². The van der Waals surface area contributed by atoms with Crippen LogP contribution in [0.1, 0.15) is 16.3 Å². The third kappa shape index (κ3) is 1.85. The van der Waals surface area contributed by atoms with Crippen LogP contribution in [0.25, 0.3) is 0 Å². The molecular formula is C10H8O4. The summed E-state index contributed by atoms with van der Waals surface area (Å²) in [6.45, 7) is 0.118. The van der Waals surface area contributed by atoms with Gasteiger partial charge in [-0.15, -0.1) is 0 Å². The molecule has 0 aliphatic heterocycles. The molecule has 2 rings (SSSR count). The van der Waals surface area contributed by atoms with Crippen molar-refractivity contribution in [3.63, 3.8) is 0 Å². The molecule has 2 aromatic rings. The van der Waals surface area contributed by atoms with E-state index in [1.165, 1.54) is 12.5 Å². The van der Waals surface area contributed by atoms with Crippen molar-refractivity contribution in [1.82, 2.24) is 0 Å². The highest BCUT2D eigenvalue weighted by Gasteiger charge is 2.10. The van der Waals surface area contributed by atoms with E-state index in [-0.39, 0.29) is 12.4 Å². The molecule has 4 nitrogen and oxygen atoms in total. The first-order chi connectivity index (χ1) is 6.86. The lowest BCUT2D eigenvalue weighted by molar-refractivity contribution is 0.0409. The quantitative estimate of drug-likeness (QED) is 0.699. The normalized spacial score (nSPS) is 10.0. The Kier molecular flexibility index (Phi) is 2.36. The Labute approximate surface area is 80.1 Å². The van der Waals surface area contributed by atoms with E-state index in [2.05, 4.69) is 0 Å². The molecule has 0 amide bonds. The standard InChI is InChI=1S/C10H8O4/c11-10(9-4-2-6-13-9)14-7-8-3-1-5-12-8/h1-6H,7H2. The van der Waals surface area contributed by atoms with Crippen molar-refractivity contribution in [1.29, 1.82) is 0 Å². The summed E-state index contributed by atoms with van der Waals surface area (Å²) < 4.78 is 14.8. The third-order valence-corrected chi connectivity index (χ3v) is 1.65. The van der Waals surface area contributed by atoms with Crippen molar-refractivity contribution in [2.75, 3.05) is 0 Å². The van der Waals surface area contributed by atoms with Gasteiger partial charge in [0.1, 0.15) is 12.4 Å². The molecular weight excluding hydrogens is 184 g/mol. The lowest BCUT2D eigenvalue weighted by Crippen LogP contribution is -2.03. The third-order valence-electron chi connectivity index (χ3n) is 1.65. The molecule has 0 N–H and O–H groups in total. The van der Waals surface area contributed by atoms with Crippen LogP contribution < -0.4 is 0 Å². The van der Waals surface area contributed by atoms with Crippen LogP contribution in [0.4, 0.5) is 0 Å². The van der Waals surface area contributed by atoms with E-state index < -0.39 is 5.97 Å². The van der Waals surface area contributed by atoms with Gasteiger partial charge in [-0.05, 0) is 24.3 Å². The van der Waals surface area contributed by atoms with Crippen LogP contribution in [0.15, 0.2) is 45.6 Å². The van der Waals surface area contributed by atoms with E-state index >= 15 is 0 Å². The van der Waals surface area contributed by atoms with Crippen LogP contribution in [-0.2, 0) is 11.3 Å². The summed E-state index contributed by atoms with van der Waals surface area (Å²) in [6, 6.07) is 6.64. The van der Waals surface area contributed by atoms with Gasteiger partial charge in [0.15, 0.2) is 0 Å². The molecule has 0 bridgehead atoms. The summed E-state index contributed by atoms with van der Waals surface area (Å²) in [5.74, 6) is 0.299. The zero-order chi connectivity index (χ0) is 9.80. The fourth-order valence-corrected chi connectivity index (χ4v) is 0.997. The summed E-state index contributed by atoms with van der Waals surface area (Å²) in [6.07, 6.45) is 2.94. The molecule has 0 fully saturated rings. The Morgan fingerprint density at radius 3 is 2.64 bits per heavy atom. The molecule has 0 saturated heterocycles. The summed E-state index contributed by atoms with van der Waals surface area (Å²) in [5.41, 5.74) is 0. The average molecular weight is 192 g/mol. The maximum absolute atomic E-state index is 11.2. The Bertz CT molecular complexity index is 386. The van der Waals surface area contributed by atoms with Gasteiger partial charge >= 0.3 is 5.97 Å². The molecule has 0 unspecified atom stereocenters. The number of hydrogen-bond donors (Lipinski definition) is 0. The minimum atomic E-state index is -0.494. The smallest absolute Gasteiger partial charge is 0.374 e. The molecule has 0 spiro atoms. The maximum Gasteiger partial charge on any atom is 0.374 e. The molecule has 0 radical (unpaired) electrons. The first kappa shape index (κ1) is 8.62. The molecule has 0 atom stereocenters. The lowest BCUT2D eigenvalue weighted by atomic mass is 10.4. The Morgan fingerprint density at radius 1 is 1.21 bits per heavy atom. The molecule has 0 aromatic carbocycles. The second kappa shape index (κ2) is 3.83. The van der Waals surface area contributed by atoms with E-state index in [1.807, 2.05) is 0 Å². The Morgan fingerprint density at radius 2 is 2.00 bits per heavy atom. The number of carbonyl (C=O) groups excluding carboxylic acids is 1. The molecule has 0 aliphatic rings. The van der Waals surface area contributed by atoms with E-state index in [1.54, 1.807) is 24.3 Å². The van der Waals surface area contributed by atoms with E-state index in [0.717, 1.165) is 0 Å². The van der Waals surface area contributed by atoms with Crippen LogP contribution >= 0.6 is 0 Å². The predicted molar refractivity (Wildman–Crippen MR) is 46.5 cm³/mol. The van der Waals surface area contributed by atoms with Gasteiger partial charge in [0.25, 0.3) is 0 Å². The maximum atomic E-state index is 11.2. The van der Waals surface area contributed by atoms with Gasteiger partial charge < -0.3 is 13.6 Å². The van der Waals surface area contributed by atoms with Gasteiger partial charge in [0.05, 0.1) is 12.5 Å². The number of carbonyl (C=O) groups is 1. The first-order valence-electron chi connectivity index (χ1n) is 4.09. The van der Waals surface area contributed by atoms with Crippen LogP contribution in [0, 0.1) is 0 Å². The van der Waals surface area contributed by atoms with Crippen molar-refractivity contribution in [3.8, 4) is 0 Å². The van der Waals surface area contributed by atoms with Crippen LogP contribution in [0.5, 0.6) is 0 Å². The van der Waals surface area contributed by atoms with Crippen LogP contribution in [0.3, 0.4) is 0 Å².